The van der Waals surface area contributed by atoms with Crippen LogP contribution in [0, 0.1) is 12.7 Å². The summed E-state index contributed by atoms with van der Waals surface area (Å²) in [6.07, 6.45) is 0. The van der Waals surface area contributed by atoms with Gasteiger partial charge < -0.3 is 4.42 Å². The highest BCUT2D eigenvalue weighted by atomic mass is 19.1. The van der Waals surface area contributed by atoms with Crippen LogP contribution in [0.5, 0.6) is 0 Å². The minimum atomic E-state index is -0.393. The molecule has 4 nitrogen and oxygen atoms in total. The third-order valence-electron chi connectivity index (χ3n) is 3.67. The van der Waals surface area contributed by atoms with Crippen molar-refractivity contribution < 1.29 is 8.81 Å². The molecule has 0 unspecified atom stereocenters. The van der Waals surface area contributed by atoms with Crippen LogP contribution >= 0.6 is 0 Å². The first kappa shape index (κ1) is 13.6. The van der Waals surface area contributed by atoms with Crippen molar-refractivity contribution in [2.45, 2.75) is 6.92 Å². The van der Waals surface area contributed by atoms with E-state index in [9.17, 15) is 4.39 Å². The molecule has 0 saturated heterocycles. The van der Waals surface area contributed by atoms with Gasteiger partial charge in [-0.05, 0) is 31.2 Å². The van der Waals surface area contributed by atoms with Crippen LogP contribution in [-0.2, 0) is 0 Å². The molecule has 0 spiro atoms. The summed E-state index contributed by atoms with van der Waals surface area (Å²) in [5.41, 5.74) is 2.73. The Kier molecular flexibility index (Phi) is 3.12. The van der Waals surface area contributed by atoms with Gasteiger partial charge in [-0.15, -0.1) is 10.2 Å². The number of fused-ring (bicyclic) bond motifs is 1. The molecule has 4 rings (SSSR count). The van der Waals surface area contributed by atoms with Gasteiger partial charge in [-0.1, -0.05) is 30.3 Å². The van der Waals surface area contributed by atoms with E-state index in [0.717, 1.165) is 22.2 Å². The zero-order valence-corrected chi connectivity index (χ0v) is 12.3. The largest absolute Gasteiger partial charge is 0.416 e. The van der Waals surface area contributed by atoms with Crippen molar-refractivity contribution in [1.82, 2.24) is 15.2 Å². The highest BCUT2D eigenvalue weighted by Crippen LogP contribution is 2.28. The summed E-state index contributed by atoms with van der Waals surface area (Å²) in [6.45, 7) is 1.88. The van der Waals surface area contributed by atoms with Crippen molar-refractivity contribution in [2.75, 3.05) is 0 Å². The smallest absolute Gasteiger partial charge is 0.251 e. The Bertz CT molecular complexity index is 1010. The summed E-state index contributed by atoms with van der Waals surface area (Å²) in [7, 11) is 0. The Morgan fingerprint density at radius 1 is 0.870 bits per heavy atom. The Labute approximate surface area is 131 Å². The predicted octanol–water partition coefficient (Wildman–Crippen LogP) is 4.40. The lowest BCUT2D eigenvalue weighted by molar-refractivity contribution is 0.570. The summed E-state index contributed by atoms with van der Waals surface area (Å²) in [5.74, 6) is 0.0979. The zero-order valence-electron chi connectivity index (χ0n) is 12.3. The third-order valence-corrected chi connectivity index (χ3v) is 3.67. The molecule has 2 aromatic heterocycles. The Morgan fingerprint density at radius 3 is 2.39 bits per heavy atom. The van der Waals surface area contributed by atoms with E-state index in [1.165, 1.54) is 6.07 Å². The Morgan fingerprint density at radius 2 is 1.57 bits per heavy atom. The number of hydrogen-bond acceptors (Lipinski definition) is 4. The van der Waals surface area contributed by atoms with Gasteiger partial charge >= 0.3 is 0 Å². The molecule has 0 fully saturated rings. The van der Waals surface area contributed by atoms with Crippen LogP contribution in [0.4, 0.5) is 4.39 Å². The van der Waals surface area contributed by atoms with E-state index in [1.807, 2.05) is 37.3 Å². The molecular formula is C18H12FN3O. The average Bonchev–Trinajstić information content (AvgIpc) is 3.04. The number of nitrogens with zero attached hydrogens (tertiary/aromatic N) is 3. The van der Waals surface area contributed by atoms with Crippen LogP contribution in [0.3, 0.4) is 0 Å². The molecule has 23 heavy (non-hydrogen) atoms. The lowest BCUT2D eigenvalue weighted by atomic mass is 10.1. The van der Waals surface area contributed by atoms with Crippen molar-refractivity contribution in [3.63, 3.8) is 0 Å². The van der Waals surface area contributed by atoms with Gasteiger partial charge in [0, 0.05) is 5.39 Å². The SMILES string of the molecule is Cc1nc2ccccc2cc1-c1nnc(-c2ccccc2F)o1. The number of para-hydroxylation sites is 1. The molecule has 112 valence electrons. The van der Waals surface area contributed by atoms with Gasteiger partial charge in [0.25, 0.3) is 5.89 Å². The van der Waals surface area contributed by atoms with Crippen molar-refractivity contribution in [3.05, 3.63) is 66.1 Å². The van der Waals surface area contributed by atoms with Crippen LogP contribution in [0.15, 0.2) is 59.0 Å². The fourth-order valence-corrected chi connectivity index (χ4v) is 2.50. The second-order valence-corrected chi connectivity index (χ2v) is 5.21. The second kappa shape index (κ2) is 5.28. The minimum absolute atomic E-state index is 0.158. The maximum absolute atomic E-state index is 13.8. The molecule has 2 heterocycles. The molecule has 4 aromatic rings. The van der Waals surface area contributed by atoms with Crippen LogP contribution in [0.25, 0.3) is 33.8 Å². The van der Waals surface area contributed by atoms with E-state index in [4.69, 9.17) is 4.42 Å². The summed E-state index contributed by atoms with van der Waals surface area (Å²) in [5, 5.41) is 8.99. The van der Waals surface area contributed by atoms with Gasteiger partial charge in [0.2, 0.25) is 5.89 Å². The van der Waals surface area contributed by atoms with E-state index < -0.39 is 5.82 Å². The molecule has 0 atom stereocenters. The van der Waals surface area contributed by atoms with E-state index >= 15 is 0 Å². The molecule has 2 aromatic carbocycles. The van der Waals surface area contributed by atoms with E-state index in [-0.39, 0.29) is 11.5 Å². The lowest BCUT2D eigenvalue weighted by Crippen LogP contribution is -1.89. The van der Waals surface area contributed by atoms with E-state index in [2.05, 4.69) is 15.2 Å². The maximum atomic E-state index is 13.8. The fraction of sp³-hybridized carbons (Fsp3) is 0.0556. The van der Waals surface area contributed by atoms with Crippen LogP contribution in [-0.4, -0.2) is 15.2 Å². The number of halogens is 1. The standard InChI is InChI=1S/C18H12FN3O/c1-11-14(10-12-6-2-5-9-16(12)20-11)18-22-21-17(23-18)13-7-3-4-8-15(13)19/h2-10H,1H3. The highest BCUT2D eigenvalue weighted by molar-refractivity contribution is 5.83. The van der Waals surface area contributed by atoms with Gasteiger partial charge in [0.05, 0.1) is 22.3 Å². The molecular weight excluding hydrogens is 293 g/mol. The molecule has 0 aliphatic heterocycles. The highest BCUT2D eigenvalue weighted by Gasteiger charge is 2.16. The van der Waals surface area contributed by atoms with E-state index in [1.54, 1.807) is 18.2 Å². The molecule has 0 bridgehead atoms. The summed E-state index contributed by atoms with van der Waals surface area (Å²) in [6, 6.07) is 16.1. The zero-order chi connectivity index (χ0) is 15.8. The number of rotatable bonds is 2. The first-order valence-electron chi connectivity index (χ1n) is 7.17. The average molecular weight is 305 g/mol. The van der Waals surface area contributed by atoms with Crippen LogP contribution < -0.4 is 0 Å². The van der Waals surface area contributed by atoms with Crippen LogP contribution in [0.1, 0.15) is 5.69 Å². The molecule has 0 aliphatic rings. The number of aryl methyl sites for hydroxylation is 1. The maximum Gasteiger partial charge on any atom is 0.251 e. The Hall–Kier alpha value is -3.08. The Balaban J connectivity index is 1.83. The third kappa shape index (κ3) is 2.36. The predicted molar refractivity (Wildman–Crippen MR) is 85.2 cm³/mol. The molecule has 0 amide bonds. The van der Waals surface area contributed by atoms with Crippen molar-refractivity contribution in [2.24, 2.45) is 0 Å². The van der Waals surface area contributed by atoms with Crippen molar-refractivity contribution in [3.8, 4) is 22.9 Å². The van der Waals surface area contributed by atoms with Gasteiger partial charge in [-0.2, -0.15) is 0 Å². The van der Waals surface area contributed by atoms with Gasteiger partial charge in [0.15, 0.2) is 0 Å². The van der Waals surface area contributed by atoms with Crippen molar-refractivity contribution >= 4 is 10.9 Å². The monoisotopic (exact) mass is 305 g/mol. The topological polar surface area (TPSA) is 51.8 Å². The van der Waals surface area contributed by atoms with Crippen LogP contribution in [0.2, 0.25) is 0 Å². The molecule has 0 aliphatic carbocycles. The summed E-state index contributed by atoms with van der Waals surface area (Å²) < 4.78 is 19.5. The number of hydrogen-bond donors (Lipinski definition) is 0. The molecule has 0 radical (unpaired) electrons. The first-order chi connectivity index (χ1) is 11.2. The molecule has 5 heteroatoms. The van der Waals surface area contributed by atoms with Crippen molar-refractivity contribution in [1.29, 1.82) is 0 Å². The number of pyridine rings is 1. The van der Waals surface area contributed by atoms with Gasteiger partial charge in [-0.3, -0.25) is 4.98 Å². The second-order valence-electron chi connectivity index (χ2n) is 5.21. The quantitative estimate of drug-likeness (QED) is 0.551. The summed E-state index contributed by atoms with van der Waals surface area (Å²) >= 11 is 0. The lowest BCUT2D eigenvalue weighted by Gasteiger charge is -2.03. The van der Waals surface area contributed by atoms with Gasteiger partial charge in [-0.25, -0.2) is 4.39 Å². The normalized spacial score (nSPS) is 11.0. The van der Waals surface area contributed by atoms with Gasteiger partial charge in [0.1, 0.15) is 5.82 Å². The fourth-order valence-electron chi connectivity index (χ4n) is 2.50. The molecule has 0 saturated carbocycles. The minimum Gasteiger partial charge on any atom is -0.416 e. The molecule has 0 N–H and O–H groups in total. The number of benzene rings is 2. The summed E-state index contributed by atoms with van der Waals surface area (Å²) in [4.78, 5) is 4.55. The first-order valence-corrected chi connectivity index (χ1v) is 7.17. The number of aromatic nitrogens is 3. The van der Waals surface area contributed by atoms with E-state index in [0.29, 0.717) is 5.89 Å².